The van der Waals surface area contributed by atoms with Crippen LogP contribution in [0.1, 0.15) is 24.1 Å². The Bertz CT molecular complexity index is 1050. The summed E-state index contributed by atoms with van der Waals surface area (Å²) in [7, 11) is 6.19. The van der Waals surface area contributed by atoms with Crippen molar-refractivity contribution in [2.75, 3.05) is 33.7 Å². The Kier molecular flexibility index (Phi) is 6.39. The number of carbonyl (C=O) groups is 2. The molecule has 1 unspecified atom stereocenters. The van der Waals surface area contributed by atoms with E-state index in [2.05, 4.69) is 10.6 Å². The number of para-hydroxylation sites is 1. The second-order valence-electron chi connectivity index (χ2n) is 7.16. The average Bonchev–Trinajstić information content (AvgIpc) is 2.77. The van der Waals surface area contributed by atoms with Crippen LogP contribution in [-0.2, 0) is 4.79 Å². The lowest BCUT2D eigenvalue weighted by atomic mass is 9.93. The highest BCUT2D eigenvalue weighted by Gasteiger charge is 2.36. The first-order valence-corrected chi connectivity index (χ1v) is 9.74. The van der Waals surface area contributed by atoms with Crippen LogP contribution in [-0.4, -0.2) is 45.2 Å². The summed E-state index contributed by atoms with van der Waals surface area (Å²) < 4.78 is 16.3. The Balaban J connectivity index is 2.13. The molecule has 0 bridgehead atoms. The number of urea groups is 1. The van der Waals surface area contributed by atoms with E-state index in [9.17, 15) is 9.59 Å². The van der Waals surface area contributed by atoms with Crippen molar-refractivity contribution < 1.29 is 23.8 Å². The van der Waals surface area contributed by atoms with Gasteiger partial charge in [-0.05, 0) is 31.5 Å². The van der Waals surface area contributed by atoms with Gasteiger partial charge in [-0.2, -0.15) is 0 Å². The van der Waals surface area contributed by atoms with Crippen LogP contribution in [0.5, 0.6) is 17.2 Å². The molecule has 3 amide bonds. The number of nitrogens with one attached hydrogen (secondary N) is 2. The number of anilines is 1. The van der Waals surface area contributed by atoms with Crippen LogP contribution in [0, 0.1) is 6.92 Å². The fourth-order valence-electron chi connectivity index (χ4n) is 3.54. The molecule has 2 aromatic rings. The van der Waals surface area contributed by atoms with Gasteiger partial charge >= 0.3 is 6.03 Å². The van der Waals surface area contributed by atoms with Crippen molar-refractivity contribution >= 4 is 17.6 Å². The fraction of sp³-hybridized carbons (Fsp3) is 0.304. The molecule has 1 heterocycles. The van der Waals surface area contributed by atoms with Gasteiger partial charge in [0.1, 0.15) is 5.75 Å². The molecule has 2 aromatic carbocycles. The summed E-state index contributed by atoms with van der Waals surface area (Å²) in [5.41, 5.74) is 3.15. The Labute approximate surface area is 181 Å². The first-order valence-electron chi connectivity index (χ1n) is 9.74. The maximum absolute atomic E-state index is 13.4. The summed E-state index contributed by atoms with van der Waals surface area (Å²) in [5, 5.41) is 5.86. The van der Waals surface area contributed by atoms with Gasteiger partial charge in [0.15, 0.2) is 11.5 Å². The molecule has 0 spiro atoms. The molecule has 8 nitrogen and oxygen atoms in total. The van der Waals surface area contributed by atoms with Crippen molar-refractivity contribution in [1.82, 2.24) is 10.2 Å². The molecule has 2 N–H and O–H groups in total. The Hall–Kier alpha value is -3.68. The van der Waals surface area contributed by atoms with Crippen LogP contribution >= 0.6 is 0 Å². The van der Waals surface area contributed by atoms with Gasteiger partial charge in [0.05, 0.1) is 32.9 Å². The first-order chi connectivity index (χ1) is 14.8. The zero-order valence-corrected chi connectivity index (χ0v) is 18.5. The molecule has 1 atom stereocenters. The highest BCUT2D eigenvalue weighted by molar-refractivity contribution is 6.07. The summed E-state index contributed by atoms with van der Waals surface area (Å²) in [5.74, 6) is 1.08. The lowest BCUT2D eigenvalue weighted by Gasteiger charge is -2.34. The van der Waals surface area contributed by atoms with Gasteiger partial charge in [-0.15, -0.1) is 0 Å². The van der Waals surface area contributed by atoms with Crippen molar-refractivity contribution in [3.8, 4) is 17.2 Å². The van der Waals surface area contributed by atoms with Crippen LogP contribution in [0.2, 0.25) is 0 Å². The fourth-order valence-corrected chi connectivity index (χ4v) is 3.54. The van der Waals surface area contributed by atoms with Crippen molar-refractivity contribution in [2.45, 2.75) is 19.9 Å². The molecule has 3 rings (SSSR count). The van der Waals surface area contributed by atoms with Crippen molar-refractivity contribution in [3.63, 3.8) is 0 Å². The first kappa shape index (κ1) is 22.0. The topological polar surface area (TPSA) is 89.1 Å². The monoisotopic (exact) mass is 425 g/mol. The summed E-state index contributed by atoms with van der Waals surface area (Å²) in [6.07, 6.45) is 0. The summed E-state index contributed by atoms with van der Waals surface area (Å²) in [4.78, 5) is 27.4. The van der Waals surface area contributed by atoms with Gasteiger partial charge in [-0.1, -0.05) is 18.2 Å². The number of nitrogens with zero attached hydrogens (tertiary/aromatic N) is 1. The van der Waals surface area contributed by atoms with Gasteiger partial charge in [-0.3, -0.25) is 4.79 Å². The van der Waals surface area contributed by atoms with E-state index >= 15 is 0 Å². The van der Waals surface area contributed by atoms with Crippen LogP contribution < -0.4 is 24.8 Å². The molecule has 8 heteroatoms. The third-order valence-electron chi connectivity index (χ3n) is 5.44. The van der Waals surface area contributed by atoms with E-state index < -0.39 is 6.04 Å². The number of hydrogen-bond donors (Lipinski definition) is 2. The zero-order valence-electron chi connectivity index (χ0n) is 18.5. The van der Waals surface area contributed by atoms with Crippen LogP contribution in [0.4, 0.5) is 10.5 Å². The molecule has 0 radical (unpaired) electrons. The molecular formula is C23H27N3O5. The zero-order chi connectivity index (χ0) is 22.7. The molecule has 1 aliphatic rings. The van der Waals surface area contributed by atoms with Crippen LogP contribution in [0.3, 0.4) is 0 Å². The summed E-state index contributed by atoms with van der Waals surface area (Å²) in [6, 6.07) is 9.82. The molecule has 31 heavy (non-hydrogen) atoms. The van der Waals surface area contributed by atoms with Gasteiger partial charge in [0.25, 0.3) is 5.91 Å². The molecule has 0 fully saturated rings. The lowest BCUT2D eigenvalue weighted by molar-refractivity contribution is -0.113. The van der Waals surface area contributed by atoms with E-state index in [1.165, 1.54) is 26.2 Å². The summed E-state index contributed by atoms with van der Waals surface area (Å²) >= 11 is 0. The van der Waals surface area contributed by atoms with E-state index in [-0.39, 0.29) is 11.9 Å². The number of carbonyl (C=O) groups excluding carboxylic acids is 2. The van der Waals surface area contributed by atoms with Gasteiger partial charge in [0.2, 0.25) is 0 Å². The quantitative estimate of drug-likeness (QED) is 0.738. The molecule has 1 aliphatic heterocycles. The normalized spacial score (nSPS) is 16.0. The van der Waals surface area contributed by atoms with Gasteiger partial charge < -0.3 is 29.7 Å². The second-order valence-corrected chi connectivity index (χ2v) is 7.16. The van der Waals surface area contributed by atoms with Gasteiger partial charge in [-0.25, -0.2) is 4.79 Å². The Morgan fingerprint density at radius 1 is 1.00 bits per heavy atom. The number of methoxy groups -OCH3 is 3. The minimum Gasteiger partial charge on any atom is -0.496 e. The minimum absolute atomic E-state index is 0.319. The predicted molar refractivity (Wildman–Crippen MR) is 118 cm³/mol. The highest BCUT2D eigenvalue weighted by atomic mass is 16.5. The van der Waals surface area contributed by atoms with E-state index in [0.29, 0.717) is 39.8 Å². The van der Waals surface area contributed by atoms with Crippen LogP contribution in [0.25, 0.3) is 0 Å². The average molecular weight is 425 g/mol. The van der Waals surface area contributed by atoms with E-state index in [0.717, 1.165) is 5.56 Å². The number of rotatable bonds is 6. The molecule has 0 aromatic heterocycles. The SMILES string of the molecule is COc1cc(OC)c(C2NC(=O)N(C)C(C)=C2C(=O)Nc2ccccc2C)cc1OC. The predicted octanol–water partition coefficient (Wildman–Crippen LogP) is 3.63. The second kappa shape index (κ2) is 8.99. The van der Waals surface area contributed by atoms with Crippen molar-refractivity contribution in [3.05, 3.63) is 58.8 Å². The third-order valence-corrected chi connectivity index (χ3v) is 5.44. The molecule has 0 saturated carbocycles. The number of benzene rings is 2. The molecule has 164 valence electrons. The van der Waals surface area contributed by atoms with E-state index in [1.807, 2.05) is 31.2 Å². The van der Waals surface area contributed by atoms with Crippen LogP contribution in [0.15, 0.2) is 47.7 Å². The standard InChI is InChI=1S/C23H27N3O5/c1-13-9-7-8-10-16(13)24-22(27)20-14(2)26(3)23(28)25-21(20)15-11-18(30-5)19(31-6)12-17(15)29-4/h7-12,21H,1-6H3,(H,24,27)(H,25,28). The molecule has 0 saturated heterocycles. The Morgan fingerprint density at radius 3 is 2.23 bits per heavy atom. The number of ether oxygens (including phenoxy) is 3. The highest BCUT2D eigenvalue weighted by Crippen LogP contribution is 2.41. The molecule has 0 aliphatic carbocycles. The van der Waals surface area contributed by atoms with Gasteiger partial charge in [0, 0.05) is 30.1 Å². The number of aryl methyl sites for hydroxylation is 1. The number of allylic oxidation sites excluding steroid dienone is 1. The maximum atomic E-state index is 13.4. The third kappa shape index (κ3) is 4.14. The largest absolute Gasteiger partial charge is 0.496 e. The number of hydrogen-bond acceptors (Lipinski definition) is 5. The molecular weight excluding hydrogens is 398 g/mol. The number of amides is 3. The Morgan fingerprint density at radius 2 is 1.61 bits per heavy atom. The van der Waals surface area contributed by atoms with Crippen molar-refractivity contribution in [1.29, 1.82) is 0 Å². The summed E-state index contributed by atoms with van der Waals surface area (Å²) in [6.45, 7) is 3.66. The maximum Gasteiger partial charge on any atom is 0.322 e. The smallest absolute Gasteiger partial charge is 0.322 e. The van der Waals surface area contributed by atoms with E-state index in [1.54, 1.807) is 26.1 Å². The van der Waals surface area contributed by atoms with E-state index in [4.69, 9.17) is 14.2 Å². The minimum atomic E-state index is -0.748. The van der Waals surface area contributed by atoms with Crippen molar-refractivity contribution in [2.24, 2.45) is 0 Å². The lowest BCUT2D eigenvalue weighted by Crippen LogP contribution is -2.46.